The van der Waals surface area contributed by atoms with Gasteiger partial charge in [-0.2, -0.15) is 0 Å². The number of aliphatic carboxylic acids is 2. The number of benzene rings is 2. The molecular formula is C50H69N11O12. The van der Waals surface area contributed by atoms with Crippen LogP contribution >= 0.6 is 0 Å². The first kappa shape index (κ1) is 57.9. The van der Waals surface area contributed by atoms with Crippen molar-refractivity contribution in [1.82, 2.24) is 52.1 Å². The van der Waals surface area contributed by atoms with E-state index in [1.165, 1.54) is 24.3 Å². The average molecular weight is 1020 g/mol. The second-order valence-corrected chi connectivity index (χ2v) is 18.6. The molecule has 1 fully saturated rings. The largest absolute Gasteiger partial charge is 0.481 e. The number of imidazole rings is 1. The molecule has 1 saturated heterocycles. The fraction of sp³-hybridized carbons (Fsp3) is 0.500. The number of nitrogens with one attached hydrogen (secondary N) is 8. The highest BCUT2D eigenvalue weighted by Crippen LogP contribution is 2.21. The number of amides is 8. The van der Waals surface area contributed by atoms with Crippen LogP contribution in [0.2, 0.25) is 0 Å². The van der Waals surface area contributed by atoms with Crippen LogP contribution in [-0.4, -0.2) is 146 Å². The first-order valence-electron chi connectivity index (χ1n) is 24.3. The Balaban J connectivity index is 1.47. The van der Waals surface area contributed by atoms with Gasteiger partial charge in [0, 0.05) is 31.3 Å². The number of aromatic amines is 1. The van der Waals surface area contributed by atoms with Crippen molar-refractivity contribution in [3.8, 4) is 0 Å². The van der Waals surface area contributed by atoms with Crippen molar-refractivity contribution in [2.24, 2.45) is 17.6 Å². The molecule has 1 aliphatic rings. The topological polar surface area (TPSA) is 353 Å². The highest BCUT2D eigenvalue weighted by atomic mass is 16.4. The third-order valence-corrected chi connectivity index (χ3v) is 12.3. The maximum absolute atomic E-state index is 14.4. The van der Waals surface area contributed by atoms with Crippen LogP contribution in [0.1, 0.15) is 83.5 Å². The van der Waals surface area contributed by atoms with Crippen molar-refractivity contribution in [3.63, 3.8) is 0 Å². The molecule has 2 heterocycles. The van der Waals surface area contributed by atoms with Gasteiger partial charge in [-0.3, -0.25) is 43.2 Å². The minimum Gasteiger partial charge on any atom is -0.481 e. The molecule has 0 bridgehead atoms. The molecule has 8 amide bonds. The molecule has 73 heavy (non-hydrogen) atoms. The number of carbonyl (C=O) groups is 10. The SMILES string of the molecule is CC[C@H](C)[C@H](NC(=O)[C@H](CC(C)C)NC(=O)CNC(=O)[C@@H](N)Cc1ccccc1)C(=O)N[C@@H](C)C(=O)N[C@@H](Cc1ccccc1)C(=O)N[C@@H](Cc1cnc[nH]1)C(=O)N1CCC[C@H]1C(=O)N[C@@H](CC(=O)O)C(=O)O. The minimum atomic E-state index is -1.76. The maximum Gasteiger partial charge on any atom is 0.326 e. The lowest BCUT2D eigenvalue weighted by molar-refractivity contribution is -0.148. The molecule has 1 aliphatic heterocycles. The van der Waals surface area contributed by atoms with Crippen molar-refractivity contribution in [2.75, 3.05) is 13.1 Å². The standard InChI is InChI=1S/C50H69N11O12/c1-6-29(4)42(60-46(68)35(20-28(2)3)56-40(62)26-53-44(66)34(51)21-31-14-9-7-10-15-31)48(70)55-30(5)43(65)57-36(22-32-16-11-8-12-17-32)45(67)58-37(23-33-25-52-27-54-33)49(71)61-19-13-18-39(61)47(69)59-38(50(72)73)24-41(63)64/h7-12,14-17,25,27-30,34-39,42H,6,13,18-24,26,51H2,1-5H3,(H,52,54)(H,53,66)(H,55,70)(H,56,62)(H,57,65)(H,58,67)(H,59,69)(H,60,68)(H,63,64)(H,72,73)/t29-,30-,34-,35-,36-,37-,38-,39-,42-/m0/s1. The molecule has 2 aromatic carbocycles. The van der Waals surface area contributed by atoms with Crippen LogP contribution in [-0.2, 0) is 67.2 Å². The molecule has 23 nitrogen and oxygen atoms in total. The molecule has 0 spiro atoms. The van der Waals surface area contributed by atoms with Gasteiger partial charge in [-0.25, -0.2) is 9.78 Å². The van der Waals surface area contributed by atoms with E-state index in [9.17, 15) is 58.2 Å². The number of carboxylic acids is 2. The van der Waals surface area contributed by atoms with Crippen LogP contribution in [0.25, 0.3) is 0 Å². The Kier molecular flexibility index (Phi) is 22.5. The molecule has 0 aliphatic carbocycles. The molecule has 23 heteroatoms. The Morgan fingerprint density at radius 2 is 1.33 bits per heavy atom. The molecule has 0 unspecified atom stereocenters. The Labute approximate surface area is 423 Å². The molecule has 1 aromatic heterocycles. The predicted molar refractivity (Wildman–Crippen MR) is 264 cm³/mol. The van der Waals surface area contributed by atoms with E-state index in [-0.39, 0.29) is 44.6 Å². The van der Waals surface area contributed by atoms with Gasteiger partial charge < -0.3 is 63.0 Å². The Morgan fingerprint density at radius 3 is 1.90 bits per heavy atom. The Bertz CT molecular complexity index is 2370. The van der Waals surface area contributed by atoms with Crippen LogP contribution in [0.3, 0.4) is 0 Å². The fourth-order valence-corrected chi connectivity index (χ4v) is 8.12. The summed E-state index contributed by atoms with van der Waals surface area (Å²) in [6, 6.07) is 7.64. The summed E-state index contributed by atoms with van der Waals surface area (Å²) >= 11 is 0. The van der Waals surface area contributed by atoms with E-state index in [4.69, 9.17) is 5.73 Å². The van der Waals surface area contributed by atoms with Gasteiger partial charge in [0.15, 0.2) is 0 Å². The second-order valence-electron chi connectivity index (χ2n) is 18.6. The molecule has 396 valence electrons. The highest BCUT2D eigenvalue weighted by molar-refractivity contribution is 5.98. The summed E-state index contributed by atoms with van der Waals surface area (Å²) < 4.78 is 0. The van der Waals surface area contributed by atoms with E-state index < -0.39 is 126 Å². The summed E-state index contributed by atoms with van der Waals surface area (Å²) in [5, 5.41) is 36.9. The summed E-state index contributed by atoms with van der Waals surface area (Å²) in [4.78, 5) is 141. The van der Waals surface area contributed by atoms with Gasteiger partial charge in [-0.15, -0.1) is 0 Å². The van der Waals surface area contributed by atoms with Crippen LogP contribution in [0, 0.1) is 11.8 Å². The number of rotatable bonds is 28. The number of aromatic nitrogens is 2. The smallest absolute Gasteiger partial charge is 0.326 e. The third-order valence-electron chi connectivity index (χ3n) is 12.3. The number of H-pyrrole nitrogens is 1. The molecule has 3 aromatic rings. The van der Waals surface area contributed by atoms with E-state index in [0.717, 1.165) is 5.56 Å². The predicted octanol–water partition coefficient (Wildman–Crippen LogP) is -0.548. The Morgan fingerprint density at radius 1 is 0.712 bits per heavy atom. The lowest BCUT2D eigenvalue weighted by atomic mass is 9.96. The zero-order chi connectivity index (χ0) is 53.8. The minimum absolute atomic E-state index is 0.0561. The van der Waals surface area contributed by atoms with Crippen molar-refractivity contribution in [1.29, 1.82) is 0 Å². The van der Waals surface area contributed by atoms with Crippen LogP contribution in [0.15, 0.2) is 73.2 Å². The number of hydrogen-bond donors (Lipinski definition) is 11. The number of likely N-dealkylation sites (tertiary alicyclic amines) is 1. The van der Waals surface area contributed by atoms with Gasteiger partial charge >= 0.3 is 11.9 Å². The number of hydrogen-bond acceptors (Lipinski definition) is 12. The zero-order valence-corrected chi connectivity index (χ0v) is 41.7. The number of carboxylic acid groups (broad SMARTS) is 2. The fourth-order valence-electron chi connectivity index (χ4n) is 8.12. The Hall–Kier alpha value is -7.69. The van der Waals surface area contributed by atoms with Crippen molar-refractivity contribution < 1.29 is 58.2 Å². The number of nitrogens with zero attached hydrogens (tertiary/aromatic N) is 2. The van der Waals surface area contributed by atoms with E-state index in [1.54, 1.807) is 44.2 Å². The summed E-state index contributed by atoms with van der Waals surface area (Å²) in [5.41, 5.74) is 7.95. The van der Waals surface area contributed by atoms with Gasteiger partial charge in [0.05, 0.1) is 25.3 Å². The zero-order valence-electron chi connectivity index (χ0n) is 41.7. The highest BCUT2D eigenvalue weighted by Gasteiger charge is 2.40. The summed E-state index contributed by atoms with van der Waals surface area (Å²) in [6.45, 7) is 8.20. The normalized spacial score (nSPS) is 16.5. The lowest BCUT2D eigenvalue weighted by Gasteiger charge is -2.30. The average Bonchev–Trinajstić information content (AvgIpc) is 4.07. The lowest BCUT2D eigenvalue weighted by Crippen LogP contribution is -2.60. The molecule has 9 atom stereocenters. The monoisotopic (exact) mass is 1020 g/mol. The van der Waals surface area contributed by atoms with E-state index in [1.807, 2.05) is 44.2 Å². The second kappa shape index (κ2) is 28.4. The maximum atomic E-state index is 14.4. The molecule has 0 radical (unpaired) electrons. The van der Waals surface area contributed by atoms with Crippen LogP contribution in [0.4, 0.5) is 0 Å². The van der Waals surface area contributed by atoms with Gasteiger partial charge in [-0.1, -0.05) is 94.8 Å². The van der Waals surface area contributed by atoms with Gasteiger partial charge in [0.2, 0.25) is 47.3 Å². The molecule has 0 saturated carbocycles. The van der Waals surface area contributed by atoms with Crippen molar-refractivity contribution >= 4 is 59.2 Å². The van der Waals surface area contributed by atoms with E-state index in [2.05, 4.69) is 47.2 Å². The van der Waals surface area contributed by atoms with Gasteiger partial charge in [-0.05, 0) is 55.6 Å². The van der Waals surface area contributed by atoms with Crippen LogP contribution < -0.4 is 43.0 Å². The molecule has 4 rings (SSSR count). The van der Waals surface area contributed by atoms with Gasteiger partial charge in [0.25, 0.3) is 0 Å². The van der Waals surface area contributed by atoms with Crippen molar-refractivity contribution in [2.45, 2.75) is 134 Å². The van der Waals surface area contributed by atoms with E-state index in [0.29, 0.717) is 24.1 Å². The third kappa shape index (κ3) is 18.5. The van der Waals surface area contributed by atoms with Crippen molar-refractivity contribution in [3.05, 3.63) is 90.0 Å². The first-order valence-corrected chi connectivity index (χ1v) is 24.3. The summed E-state index contributed by atoms with van der Waals surface area (Å²) in [7, 11) is 0. The summed E-state index contributed by atoms with van der Waals surface area (Å²) in [5.74, 6) is -9.39. The van der Waals surface area contributed by atoms with Gasteiger partial charge in [0.1, 0.15) is 42.3 Å². The quantitative estimate of drug-likeness (QED) is 0.0435. The number of carbonyl (C=O) groups excluding carboxylic acids is 8. The first-order chi connectivity index (χ1) is 34.7. The van der Waals surface area contributed by atoms with Crippen LogP contribution in [0.5, 0.6) is 0 Å². The summed E-state index contributed by atoms with van der Waals surface area (Å²) in [6.07, 6.45) is 2.99. The number of nitrogens with two attached hydrogens (primary N) is 1. The van der Waals surface area contributed by atoms with E-state index >= 15 is 0 Å². The molecule has 12 N–H and O–H groups in total. The molecular weight excluding hydrogens is 947 g/mol.